The highest BCUT2D eigenvalue weighted by Gasteiger charge is 2.15. The van der Waals surface area contributed by atoms with Crippen LogP contribution in [0.3, 0.4) is 0 Å². The fourth-order valence-electron chi connectivity index (χ4n) is 1.88. The monoisotopic (exact) mass is 255 g/mol. The summed E-state index contributed by atoms with van der Waals surface area (Å²) in [6.45, 7) is 0. The van der Waals surface area contributed by atoms with Gasteiger partial charge in [0.25, 0.3) is 0 Å². The van der Waals surface area contributed by atoms with Crippen LogP contribution in [-0.4, -0.2) is 10.8 Å². The number of fused-ring (bicyclic) bond motifs is 1. The molecule has 0 aliphatic carbocycles. The first-order valence-corrected chi connectivity index (χ1v) is 6.34. The molecule has 4 heteroatoms. The van der Waals surface area contributed by atoms with E-state index in [4.69, 9.17) is 0 Å². The molecular weight excluding hydrogens is 246 g/mol. The van der Waals surface area contributed by atoms with E-state index >= 15 is 0 Å². The number of para-hydroxylation sites is 1. The second-order valence-corrected chi connectivity index (χ2v) is 4.83. The molecule has 0 spiro atoms. The van der Waals surface area contributed by atoms with E-state index < -0.39 is 0 Å². The van der Waals surface area contributed by atoms with Crippen LogP contribution in [0.25, 0.3) is 10.9 Å². The van der Waals surface area contributed by atoms with Crippen LogP contribution in [0.4, 0.5) is 0 Å². The van der Waals surface area contributed by atoms with Gasteiger partial charge in [-0.3, -0.25) is 9.59 Å². The van der Waals surface area contributed by atoms with Crippen molar-refractivity contribution in [3.8, 4) is 0 Å². The molecule has 0 aliphatic heterocycles. The van der Waals surface area contributed by atoms with Crippen LogP contribution in [0.5, 0.6) is 0 Å². The van der Waals surface area contributed by atoms with E-state index in [2.05, 4.69) is 4.98 Å². The van der Waals surface area contributed by atoms with Crippen molar-refractivity contribution in [3.05, 3.63) is 68.6 Å². The smallest absolute Gasteiger partial charge is 0.208 e. The highest BCUT2D eigenvalue weighted by Crippen LogP contribution is 2.14. The molecule has 0 unspecified atom stereocenters. The number of carbonyl (C=O) groups is 1. The zero-order valence-electron chi connectivity index (χ0n) is 9.34. The molecule has 0 saturated carbocycles. The molecule has 3 rings (SSSR count). The molecule has 2 aromatic heterocycles. The Bertz CT molecular complexity index is 772. The Morgan fingerprint density at radius 3 is 2.72 bits per heavy atom. The third-order valence-corrected chi connectivity index (χ3v) is 3.65. The lowest BCUT2D eigenvalue weighted by molar-refractivity contribution is 0.104. The summed E-state index contributed by atoms with van der Waals surface area (Å²) >= 11 is 1.34. The van der Waals surface area contributed by atoms with Gasteiger partial charge in [-0.05, 0) is 23.6 Å². The van der Waals surface area contributed by atoms with Crippen LogP contribution in [0.1, 0.15) is 15.2 Å². The van der Waals surface area contributed by atoms with Crippen molar-refractivity contribution < 1.29 is 4.79 Å². The average Bonchev–Trinajstić information content (AvgIpc) is 2.93. The number of hydrogen-bond donors (Lipinski definition) is 1. The standard InChI is InChI=1S/C14H9NO2S/c16-13-9-4-1-2-5-11(9)15-8-10(13)14(17)12-6-3-7-18-12/h1-8H,(H,15,16). The van der Waals surface area contributed by atoms with Crippen molar-refractivity contribution in [2.24, 2.45) is 0 Å². The number of H-pyrrole nitrogens is 1. The van der Waals surface area contributed by atoms with Crippen LogP contribution < -0.4 is 5.43 Å². The molecule has 0 amide bonds. The van der Waals surface area contributed by atoms with Crippen molar-refractivity contribution in [2.75, 3.05) is 0 Å². The molecular formula is C14H9NO2S. The molecule has 0 atom stereocenters. The maximum absolute atomic E-state index is 12.2. The van der Waals surface area contributed by atoms with Crippen LogP contribution >= 0.6 is 11.3 Å². The fourth-order valence-corrected chi connectivity index (χ4v) is 2.55. The largest absolute Gasteiger partial charge is 0.360 e. The SMILES string of the molecule is O=C(c1cccs1)c1c[nH]c2ccccc2c1=O. The Hall–Kier alpha value is -2.20. The fraction of sp³-hybridized carbons (Fsp3) is 0. The summed E-state index contributed by atoms with van der Waals surface area (Å²) in [5.41, 5.74) is 0.712. The molecule has 3 aromatic rings. The molecule has 0 saturated heterocycles. The van der Waals surface area contributed by atoms with Gasteiger partial charge in [0, 0.05) is 17.1 Å². The van der Waals surface area contributed by atoms with E-state index in [1.54, 1.807) is 24.3 Å². The van der Waals surface area contributed by atoms with Crippen LogP contribution in [0.15, 0.2) is 52.8 Å². The summed E-state index contributed by atoms with van der Waals surface area (Å²) in [6, 6.07) is 10.7. The topological polar surface area (TPSA) is 49.9 Å². The molecule has 1 aromatic carbocycles. The average molecular weight is 255 g/mol. The Labute approximate surface area is 107 Å². The van der Waals surface area contributed by atoms with Crippen molar-refractivity contribution in [2.45, 2.75) is 0 Å². The summed E-state index contributed by atoms with van der Waals surface area (Å²) < 4.78 is 0. The molecule has 0 aliphatic rings. The molecule has 88 valence electrons. The zero-order chi connectivity index (χ0) is 12.5. The van der Waals surface area contributed by atoms with Crippen molar-refractivity contribution in [1.82, 2.24) is 4.98 Å². The number of hydrogen-bond acceptors (Lipinski definition) is 3. The van der Waals surface area contributed by atoms with E-state index in [-0.39, 0.29) is 16.8 Å². The second-order valence-electron chi connectivity index (χ2n) is 3.88. The van der Waals surface area contributed by atoms with Gasteiger partial charge in [-0.25, -0.2) is 0 Å². The molecule has 2 heterocycles. The summed E-state index contributed by atoms with van der Waals surface area (Å²) in [5, 5.41) is 2.36. The third kappa shape index (κ3) is 1.67. The maximum atomic E-state index is 12.2. The Balaban J connectivity index is 2.22. The van der Waals surface area contributed by atoms with Crippen molar-refractivity contribution in [3.63, 3.8) is 0 Å². The van der Waals surface area contributed by atoms with Gasteiger partial charge in [0.05, 0.1) is 10.4 Å². The number of ketones is 1. The van der Waals surface area contributed by atoms with E-state index in [9.17, 15) is 9.59 Å². The maximum Gasteiger partial charge on any atom is 0.208 e. The number of pyridine rings is 1. The first-order valence-electron chi connectivity index (χ1n) is 5.46. The van der Waals surface area contributed by atoms with Crippen LogP contribution in [-0.2, 0) is 0 Å². The molecule has 0 radical (unpaired) electrons. The molecule has 3 nitrogen and oxygen atoms in total. The number of nitrogens with one attached hydrogen (secondary N) is 1. The number of benzene rings is 1. The quantitative estimate of drug-likeness (QED) is 0.716. The minimum atomic E-state index is -0.225. The van der Waals surface area contributed by atoms with Gasteiger partial charge in [0.15, 0.2) is 0 Å². The zero-order valence-corrected chi connectivity index (χ0v) is 10.2. The predicted molar refractivity (Wildman–Crippen MR) is 72.3 cm³/mol. The Morgan fingerprint density at radius 1 is 1.11 bits per heavy atom. The van der Waals surface area contributed by atoms with Crippen molar-refractivity contribution >= 4 is 28.0 Å². The van der Waals surface area contributed by atoms with Crippen LogP contribution in [0, 0.1) is 0 Å². The van der Waals surface area contributed by atoms with Gasteiger partial charge >= 0.3 is 0 Å². The van der Waals surface area contributed by atoms with E-state index in [1.807, 2.05) is 17.5 Å². The first-order chi connectivity index (χ1) is 8.77. The van der Waals surface area contributed by atoms with Gasteiger partial charge < -0.3 is 4.98 Å². The third-order valence-electron chi connectivity index (χ3n) is 2.78. The minimum Gasteiger partial charge on any atom is -0.360 e. The Morgan fingerprint density at radius 2 is 1.94 bits per heavy atom. The van der Waals surface area contributed by atoms with E-state index in [1.165, 1.54) is 17.5 Å². The van der Waals surface area contributed by atoms with Gasteiger partial charge in [-0.15, -0.1) is 11.3 Å². The molecule has 1 N–H and O–H groups in total. The van der Waals surface area contributed by atoms with Gasteiger partial charge in [0.1, 0.15) is 0 Å². The highest BCUT2D eigenvalue weighted by atomic mass is 32.1. The number of aromatic nitrogens is 1. The summed E-state index contributed by atoms with van der Waals surface area (Å²) in [4.78, 5) is 28.0. The van der Waals surface area contributed by atoms with E-state index in [0.717, 1.165) is 5.52 Å². The molecule has 0 bridgehead atoms. The molecule has 0 fully saturated rings. The number of carbonyl (C=O) groups excluding carboxylic acids is 1. The number of thiophene rings is 1. The molecule has 18 heavy (non-hydrogen) atoms. The van der Waals surface area contributed by atoms with Crippen LogP contribution in [0.2, 0.25) is 0 Å². The minimum absolute atomic E-state index is 0.191. The lowest BCUT2D eigenvalue weighted by atomic mass is 10.1. The number of rotatable bonds is 2. The van der Waals surface area contributed by atoms with Gasteiger partial charge in [0.2, 0.25) is 11.2 Å². The first kappa shape index (κ1) is 10.9. The second kappa shape index (κ2) is 4.23. The summed E-state index contributed by atoms with van der Waals surface area (Å²) in [5.74, 6) is -0.225. The van der Waals surface area contributed by atoms with Gasteiger partial charge in [-0.2, -0.15) is 0 Å². The van der Waals surface area contributed by atoms with Gasteiger partial charge in [-0.1, -0.05) is 18.2 Å². The number of aromatic amines is 1. The predicted octanol–water partition coefficient (Wildman–Crippen LogP) is 2.82. The summed E-state index contributed by atoms with van der Waals surface area (Å²) in [6.07, 6.45) is 1.49. The lowest BCUT2D eigenvalue weighted by Gasteiger charge is -2.01. The van der Waals surface area contributed by atoms with Crippen molar-refractivity contribution in [1.29, 1.82) is 0 Å². The lowest BCUT2D eigenvalue weighted by Crippen LogP contribution is -2.15. The normalized spacial score (nSPS) is 10.7. The van der Waals surface area contributed by atoms with E-state index in [0.29, 0.717) is 10.3 Å². The summed E-state index contributed by atoms with van der Waals surface area (Å²) in [7, 11) is 0. The highest BCUT2D eigenvalue weighted by molar-refractivity contribution is 7.12. The Kier molecular flexibility index (Phi) is 2.57.